The van der Waals surface area contributed by atoms with Crippen molar-refractivity contribution in [2.45, 2.75) is 12.8 Å². The predicted octanol–water partition coefficient (Wildman–Crippen LogP) is 1.87. The van der Waals surface area contributed by atoms with Crippen molar-refractivity contribution in [3.05, 3.63) is 46.0 Å². The number of nitriles is 2. The second-order valence-corrected chi connectivity index (χ2v) is 4.70. The Morgan fingerprint density at radius 2 is 2.00 bits per heavy atom. The van der Waals surface area contributed by atoms with Crippen LogP contribution < -0.4 is 5.73 Å². The summed E-state index contributed by atoms with van der Waals surface area (Å²) in [6.07, 6.45) is 0. The number of allylic oxidation sites excluding steroid dienone is 1. The number of rotatable bonds is 1. The first-order chi connectivity index (χ1) is 9.10. The Hall–Kier alpha value is -2.37. The Balaban J connectivity index is 2.66. The van der Waals surface area contributed by atoms with Crippen LogP contribution in [0.2, 0.25) is 0 Å². The van der Waals surface area contributed by atoms with Crippen LogP contribution in [0.15, 0.2) is 39.9 Å². The molecule has 2 atom stereocenters. The van der Waals surface area contributed by atoms with E-state index >= 15 is 0 Å². The van der Waals surface area contributed by atoms with Crippen LogP contribution in [0.3, 0.4) is 0 Å². The first-order valence-electron chi connectivity index (χ1n) is 5.70. The third-order valence-corrected chi connectivity index (χ3v) is 3.52. The number of nitrogens with two attached hydrogens (primary N) is 1. The van der Waals surface area contributed by atoms with Gasteiger partial charge in [-0.15, -0.1) is 0 Å². The van der Waals surface area contributed by atoms with Gasteiger partial charge in [-0.1, -0.05) is 29.3 Å². The molecule has 0 radical (unpaired) electrons. The fourth-order valence-corrected chi connectivity index (χ4v) is 2.52. The van der Waals surface area contributed by atoms with Crippen LogP contribution >= 0.6 is 0 Å². The fraction of sp³-hybridized carbons (Fsp3) is 0.214. The van der Waals surface area contributed by atoms with Gasteiger partial charge >= 0.3 is 0 Å². The molecule has 2 rings (SSSR count). The van der Waals surface area contributed by atoms with Crippen LogP contribution in [-0.4, -0.2) is 5.84 Å². The molecule has 5 heteroatoms. The third-order valence-electron chi connectivity index (χ3n) is 3.21. The van der Waals surface area contributed by atoms with Gasteiger partial charge in [0.2, 0.25) is 0 Å². The Bertz CT molecular complexity index is 661. The van der Waals surface area contributed by atoms with E-state index < -0.39 is 11.8 Å². The van der Waals surface area contributed by atoms with Crippen molar-refractivity contribution in [1.82, 2.24) is 0 Å². The third kappa shape index (κ3) is 2.16. The summed E-state index contributed by atoms with van der Waals surface area (Å²) in [5, 5.41) is 18.8. The molecular formula is C14H11N4S-. The fourth-order valence-electron chi connectivity index (χ4n) is 2.25. The van der Waals surface area contributed by atoms with E-state index in [0.29, 0.717) is 5.57 Å². The number of amidine groups is 1. The van der Waals surface area contributed by atoms with Crippen LogP contribution in [0.4, 0.5) is 0 Å². The molecule has 1 heterocycles. The molecule has 1 aliphatic rings. The van der Waals surface area contributed by atoms with E-state index in [9.17, 15) is 10.5 Å². The predicted molar refractivity (Wildman–Crippen MR) is 74.6 cm³/mol. The molecule has 0 saturated heterocycles. The first-order valence-corrected chi connectivity index (χ1v) is 6.11. The minimum atomic E-state index is -0.651. The molecule has 1 aromatic rings. The molecule has 1 unspecified atom stereocenters. The minimum Gasteiger partial charge on any atom is -0.759 e. The van der Waals surface area contributed by atoms with E-state index in [1.807, 2.05) is 31.2 Å². The SMILES string of the molecule is Cc1ccccc1[C@H]1C(C#N)=C([S-])N=C(N)C1C#N. The molecule has 1 aliphatic heterocycles. The molecule has 0 amide bonds. The second kappa shape index (κ2) is 5.09. The maximum absolute atomic E-state index is 9.31. The van der Waals surface area contributed by atoms with Crippen molar-refractivity contribution in [3.8, 4) is 12.1 Å². The normalized spacial score (nSPS) is 22.4. The zero-order valence-corrected chi connectivity index (χ0v) is 11.1. The smallest absolute Gasteiger partial charge is 0.115 e. The van der Waals surface area contributed by atoms with Crippen LogP contribution in [-0.2, 0) is 12.6 Å². The molecule has 2 N–H and O–H groups in total. The Morgan fingerprint density at radius 1 is 1.32 bits per heavy atom. The van der Waals surface area contributed by atoms with E-state index in [4.69, 9.17) is 18.4 Å². The van der Waals surface area contributed by atoms with Gasteiger partial charge in [-0.05, 0) is 18.1 Å². The molecule has 94 valence electrons. The lowest BCUT2D eigenvalue weighted by molar-refractivity contribution is 0.705. The van der Waals surface area contributed by atoms with Gasteiger partial charge in [-0.2, -0.15) is 10.5 Å². The van der Waals surface area contributed by atoms with E-state index in [1.54, 1.807) is 0 Å². The van der Waals surface area contributed by atoms with Crippen LogP contribution in [0.25, 0.3) is 0 Å². The molecule has 0 spiro atoms. The van der Waals surface area contributed by atoms with Crippen LogP contribution in [0.1, 0.15) is 17.0 Å². The Kier molecular flexibility index (Phi) is 3.50. The Morgan fingerprint density at radius 3 is 2.58 bits per heavy atom. The highest BCUT2D eigenvalue weighted by molar-refractivity contribution is 7.63. The zero-order valence-electron chi connectivity index (χ0n) is 10.3. The zero-order chi connectivity index (χ0) is 14.0. The van der Waals surface area contributed by atoms with Crippen LogP contribution in [0.5, 0.6) is 0 Å². The lowest BCUT2D eigenvalue weighted by atomic mass is 9.78. The van der Waals surface area contributed by atoms with Crippen molar-refractivity contribution in [2.24, 2.45) is 16.6 Å². The van der Waals surface area contributed by atoms with Gasteiger partial charge in [0.05, 0.1) is 12.1 Å². The van der Waals surface area contributed by atoms with E-state index in [1.165, 1.54) is 0 Å². The van der Waals surface area contributed by atoms with Crippen molar-refractivity contribution in [3.63, 3.8) is 0 Å². The summed E-state index contributed by atoms with van der Waals surface area (Å²) in [4.78, 5) is 3.94. The van der Waals surface area contributed by atoms with E-state index in [0.717, 1.165) is 11.1 Å². The van der Waals surface area contributed by atoms with Gasteiger partial charge in [0, 0.05) is 11.5 Å². The molecule has 1 aromatic carbocycles. The molecule has 0 bridgehead atoms. The monoisotopic (exact) mass is 267 g/mol. The molecule has 0 aliphatic carbocycles. The number of hydrogen-bond acceptors (Lipinski definition) is 5. The number of benzene rings is 1. The second-order valence-electron chi connectivity index (χ2n) is 4.31. The molecule has 0 fully saturated rings. The first kappa shape index (κ1) is 13.1. The lowest BCUT2D eigenvalue weighted by Gasteiger charge is -2.30. The van der Waals surface area contributed by atoms with Gasteiger partial charge in [0.1, 0.15) is 11.8 Å². The number of hydrogen-bond donors (Lipinski definition) is 1. The topological polar surface area (TPSA) is 86.0 Å². The summed E-state index contributed by atoms with van der Waals surface area (Å²) in [6, 6.07) is 11.8. The maximum atomic E-state index is 9.31. The van der Waals surface area contributed by atoms with Crippen molar-refractivity contribution >= 4 is 18.5 Å². The average molecular weight is 267 g/mol. The minimum absolute atomic E-state index is 0.180. The molecule has 0 aromatic heterocycles. The van der Waals surface area contributed by atoms with Gasteiger partial charge in [-0.25, -0.2) is 0 Å². The summed E-state index contributed by atoms with van der Waals surface area (Å²) in [5.41, 5.74) is 8.02. The molecule has 4 nitrogen and oxygen atoms in total. The van der Waals surface area contributed by atoms with Gasteiger partial charge in [-0.3, -0.25) is 4.99 Å². The summed E-state index contributed by atoms with van der Waals surface area (Å²) < 4.78 is 0. The summed E-state index contributed by atoms with van der Waals surface area (Å²) >= 11 is 5.09. The number of aryl methyl sites for hydroxylation is 1. The Labute approximate surface area is 117 Å². The van der Waals surface area contributed by atoms with Crippen molar-refractivity contribution < 1.29 is 0 Å². The largest absolute Gasteiger partial charge is 0.759 e. The van der Waals surface area contributed by atoms with Crippen molar-refractivity contribution in [2.75, 3.05) is 0 Å². The van der Waals surface area contributed by atoms with Gasteiger partial charge in [0.25, 0.3) is 0 Å². The van der Waals surface area contributed by atoms with Gasteiger partial charge < -0.3 is 18.4 Å². The highest BCUT2D eigenvalue weighted by Crippen LogP contribution is 2.38. The molecular weight excluding hydrogens is 256 g/mol. The highest BCUT2D eigenvalue weighted by Gasteiger charge is 2.33. The molecule has 0 saturated carbocycles. The number of nitrogens with zero attached hydrogens (tertiary/aromatic N) is 3. The molecule has 19 heavy (non-hydrogen) atoms. The summed E-state index contributed by atoms with van der Waals surface area (Å²) in [5.74, 6) is -0.900. The van der Waals surface area contributed by atoms with Crippen molar-refractivity contribution in [1.29, 1.82) is 10.5 Å². The quantitative estimate of drug-likeness (QED) is 0.787. The average Bonchev–Trinajstić information content (AvgIpc) is 2.38. The maximum Gasteiger partial charge on any atom is 0.115 e. The summed E-state index contributed by atoms with van der Waals surface area (Å²) in [6.45, 7) is 1.93. The standard InChI is InChI=1S/C14H12N4S/c1-8-4-2-3-5-9(8)12-10(6-15)13(17)18-14(19)11(12)7-16/h2-5,10,12,19H,1H3,(H2,17,18)/p-1/t10?,12-/m1/s1. The van der Waals surface area contributed by atoms with E-state index in [-0.39, 0.29) is 10.9 Å². The van der Waals surface area contributed by atoms with Crippen LogP contribution in [0, 0.1) is 35.5 Å². The van der Waals surface area contributed by atoms with Gasteiger partial charge in [0.15, 0.2) is 0 Å². The summed E-state index contributed by atoms with van der Waals surface area (Å²) in [7, 11) is 0. The highest BCUT2D eigenvalue weighted by atomic mass is 32.1. The number of aliphatic imine (C=N–C) groups is 1. The lowest BCUT2D eigenvalue weighted by Crippen LogP contribution is -2.32. The van der Waals surface area contributed by atoms with E-state index in [2.05, 4.69) is 17.1 Å².